The largest absolute Gasteiger partial charge is 0.455 e. The molecule has 16 aromatic rings. The fourth-order valence-corrected chi connectivity index (χ4v) is 20.2. The summed E-state index contributed by atoms with van der Waals surface area (Å²) < 4.78 is 13.7. The molecule has 4 aliphatic heterocycles. The second-order valence-corrected chi connectivity index (χ2v) is 42.0. The van der Waals surface area contributed by atoms with Gasteiger partial charge in [0.25, 0.3) is 13.4 Å². The van der Waals surface area contributed by atoms with E-state index >= 15 is 0 Å². The van der Waals surface area contributed by atoms with Crippen LogP contribution in [0.4, 0.5) is 68.2 Å². The molecule has 122 heavy (non-hydrogen) atoms. The zero-order valence-corrected chi connectivity index (χ0v) is 75.1. The van der Waals surface area contributed by atoms with E-state index in [4.69, 9.17) is 8.83 Å². The van der Waals surface area contributed by atoms with E-state index in [1.165, 1.54) is 134 Å². The van der Waals surface area contributed by atoms with Crippen LogP contribution in [-0.2, 0) is 38.9 Å². The van der Waals surface area contributed by atoms with Gasteiger partial charge in [-0.05, 0) is 260 Å². The highest BCUT2D eigenvalue weighted by atomic mass is 16.3. The van der Waals surface area contributed by atoms with Crippen molar-refractivity contribution in [2.45, 2.75) is 196 Å². The molecule has 0 radical (unpaired) electrons. The molecule has 6 heterocycles. The molecule has 8 heteroatoms. The van der Waals surface area contributed by atoms with Crippen molar-refractivity contribution in [1.82, 2.24) is 0 Å². The van der Waals surface area contributed by atoms with Gasteiger partial charge in [-0.3, -0.25) is 0 Å². The first-order chi connectivity index (χ1) is 58.0. The number of anilines is 12. The molecule has 0 bridgehead atoms. The van der Waals surface area contributed by atoms with E-state index in [0.29, 0.717) is 0 Å². The quantitative estimate of drug-likeness (QED) is 0.120. The highest BCUT2D eigenvalue weighted by Gasteiger charge is 2.48. The molecule has 0 saturated heterocycles. The standard InChI is InChI=1S/C114H112B2N4O2/c1-68(2)73-59-99-105-102(62-73)120(84-49-37-75(38-50-84)109(5,6)7)98-66-80(113(17,18)19)42-54-92(98)116(105)93-63-77(110(8,9)10)43-55-95(93)117(99)81-45-33-72(34-46-81)86-28-25-30-89-90-58-70(32-57-104(90)122-108(86)89)67-114(20,21)76-39-51-83(52-40-76)118-96-56-44-78(111(11,12)13)64-94(96)115-91-53-41-79(112(14,15)16)65-97(91)119(101-61-74(69(3)4)60-100(118)106(101)115)82-47-35-71(36-48-82)85-27-24-29-88-87-26-22-23-31-103(87)121-107(85)88/h22-66,68-69H,67H2,1-21H3. The summed E-state index contributed by atoms with van der Waals surface area (Å²) >= 11 is 0. The van der Waals surface area contributed by atoms with E-state index in [1.54, 1.807) is 0 Å². The van der Waals surface area contributed by atoms with E-state index < -0.39 is 0 Å². The van der Waals surface area contributed by atoms with Gasteiger partial charge in [-0.15, -0.1) is 0 Å². The summed E-state index contributed by atoms with van der Waals surface area (Å²) in [4.78, 5) is 10.3. The average molecular weight is 1590 g/mol. The van der Waals surface area contributed by atoms with Crippen LogP contribution >= 0.6 is 0 Å². The number of hydrogen-bond acceptors (Lipinski definition) is 6. The molecule has 0 fully saturated rings. The van der Waals surface area contributed by atoms with Crippen LogP contribution in [0, 0.1) is 0 Å². The monoisotopic (exact) mass is 1590 g/mol. The van der Waals surface area contributed by atoms with Crippen molar-refractivity contribution in [3.8, 4) is 22.3 Å². The Balaban J connectivity index is 0.641. The predicted molar refractivity (Wildman–Crippen MR) is 525 cm³/mol. The van der Waals surface area contributed by atoms with Crippen LogP contribution in [0.15, 0.2) is 282 Å². The van der Waals surface area contributed by atoms with Gasteiger partial charge < -0.3 is 28.4 Å². The maximum absolute atomic E-state index is 7.05. The van der Waals surface area contributed by atoms with Crippen LogP contribution in [0.2, 0.25) is 0 Å². The summed E-state index contributed by atoms with van der Waals surface area (Å²) in [6, 6.07) is 105. The molecule has 20 rings (SSSR count). The van der Waals surface area contributed by atoms with Crippen molar-refractivity contribution >= 4 is 158 Å². The second kappa shape index (κ2) is 28.0. The van der Waals surface area contributed by atoms with Crippen molar-refractivity contribution in [1.29, 1.82) is 0 Å². The lowest BCUT2D eigenvalue weighted by atomic mass is 9.33. The van der Waals surface area contributed by atoms with Crippen LogP contribution in [0.25, 0.3) is 66.1 Å². The topological polar surface area (TPSA) is 39.2 Å². The fourth-order valence-electron chi connectivity index (χ4n) is 20.2. The Hall–Kier alpha value is -12.0. The van der Waals surface area contributed by atoms with E-state index in [0.717, 1.165) is 89.6 Å². The lowest BCUT2D eigenvalue weighted by Crippen LogP contribution is -2.61. The molecule has 14 aromatic carbocycles. The zero-order chi connectivity index (χ0) is 85.1. The molecule has 0 aliphatic carbocycles. The van der Waals surface area contributed by atoms with E-state index in [-0.39, 0.29) is 57.8 Å². The van der Waals surface area contributed by atoms with Gasteiger partial charge in [0.1, 0.15) is 22.3 Å². The van der Waals surface area contributed by atoms with Gasteiger partial charge in [0, 0.05) is 101 Å². The molecule has 0 atom stereocenters. The van der Waals surface area contributed by atoms with E-state index in [9.17, 15) is 0 Å². The molecule has 0 unspecified atom stereocenters. The van der Waals surface area contributed by atoms with Gasteiger partial charge in [0.2, 0.25) is 0 Å². The third-order valence-electron chi connectivity index (χ3n) is 27.4. The Morgan fingerprint density at radius 2 is 0.615 bits per heavy atom. The smallest absolute Gasteiger partial charge is 0.252 e. The summed E-state index contributed by atoms with van der Waals surface area (Å²) in [7, 11) is 0. The lowest BCUT2D eigenvalue weighted by molar-refractivity contribution is 0.522. The second-order valence-electron chi connectivity index (χ2n) is 42.0. The number of furan rings is 2. The molecule has 2 aromatic heterocycles. The molecular weight excluding hydrogens is 1480 g/mol. The zero-order valence-electron chi connectivity index (χ0n) is 75.1. The minimum Gasteiger partial charge on any atom is -0.455 e. The summed E-state index contributed by atoms with van der Waals surface area (Å²) in [5.41, 5.74) is 41.7. The Kier molecular flexibility index (Phi) is 18.0. The first-order valence-electron chi connectivity index (χ1n) is 44.4. The molecule has 0 amide bonds. The molecule has 0 saturated carbocycles. The number of benzene rings is 14. The molecule has 0 N–H and O–H groups in total. The highest BCUT2D eigenvalue weighted by Crippen LogP contribution is 2.52. The maximum Gasteiger partial charge on any atom is 0.252 e. The Morgan fingerprint density at radius 3 is 1.02 bits per heavy atom. The van der Waals surface area contributed by atoms with Crippen molar-refractivity contribution in [2.75, 3.05) is 19.6 Å². The molecule has 4 aliphatic rings. The van der Waals surface area contributed by atoms with Crippen LogP contribution in [0.5, 0.6) is 0 Å². The van der Waals surface area contributed by atoms with E-state index in [1.807, 2.05) is 0 Å². The summed E-state index contributed by atoms with van der Waals surface area (Å²) in [5.74, 6) is 0.535. The number of fused-ring (bicyclic) bond motifs is 14. The normalized spacial score (nSPS) is 14.0. The van der Waals surface area contributed by atoms with Gasteiger partial charge in [-0.2, -0.15) is 0 Å². The Labute approximate surface area is 723 Å². The van der Waals surface area contributed by atoms with Gasteiger partial charge in [0.05, 0.1) is 0 Å². The van der Waals surface area contributed by atoms with Crippen LogP contribution < -0.4 is 52.4 Å². The molecule has 0 spiro atoms. The Bertz CT molecular complexity index is 6920. The van der Waals surface area contributed by atoms with Crippen molar-refractivity contribution in [3.63, 3.8) is 0 Å². The third kappa shape index (κ3) is 13.0. The summed E-state index contributed by atoms with van der Waals surface area (Å²) in [5, 5.41) is 4.52. The van der Waals surface area contributed by atoms with Crippen molar-refractivity contribution < 1.29 is 8.83 Å². The number of hydrogen-bond donors (Lipinski definition) is 0. The third-order valence-corrected chi connectivity index (χ3v) is 27.4. The lowest BCUT2D eigenvalue weighted by Gasteiger charge is -2.45. The first kappa shape index (κ1) is 78.5. The summed E-state index contributed by atoms with van der Waals surface area (Å²) in [6.07, 6.45) is 0.834. The van der Waals surface area contributed by atoms with Crippen LogP contribution in [-0.4, -0.2) is 13.4 Å². The van der Waals surface area contributed by atoms with Gasteiger partial charge in [-0.1, -0.05) is 303 Å². The highest BCUT2D eigenvalue weighted by molar-refractivity contribution is 7.01. The van der Waals surface area contributed by atoms with Crippen molar-refractivity contribution in [2.24, 2.45) is 0 Å². The number of para-hydroxylation sites is 3. The van der Waals surface area contributed by atoms with Gasteiger partial charge >= 0.3 is 0 Å². The minimum atomic E-state index is -0.232. The molecular formula is C114H112B2N4O2. The number of nitrogens with zero attached hydrogens (tertiary/aromatic N) is 4. The fraction of sp³-hybridized carbons (Fsp3) is 0.263. The number of rotatable bonds is 11. The Morgan fingerprint density at radius 1 is 0.270 bits per heavy atom. The predicted octanol–water partition coefficient (Wildman–Crippen LogP) is 28.2. The van der Waals surface area contributed by atoms with Crippen LogP contribution in [0.1, 0.15) is 207 Å². The van der Waals surface area contributed by atoms with E-state index in [2.05, 4.69) is 438 Å². The van der Waals surface area contributed by atoms with Gasteiger partial charge in [0.15, 0.2) is 0 Å². The average Bonchev–Trinajstić information content (AvgIpc) is 0.831. The van der Waals surface area contributed by atoms with Gasteiger partial charge in [-0.25, -0.2) is 0 Å². The molecule has 606 valence electrons. The molecule has 6 nitrogen and oxygen atoms in total. The van der Waals surface area contributed by atoms with Crippen LogP contribution in [0.3, 0.4) is 0 Å². The summed E-state index contributed by atoms with van der Waals surface area (Å²) in [6.45, 7) is 49.2. The minimum absolute atomic E-state index is 0.00518. The maximum atomic E-state index is 7.05. The SMILES string of the molecule is CC(C)c1cc2c3c(c1)N(c1ccc(-c4cccc5c4oc4ccccc45)cc1)c1cc(C(C)(C)C)ccc1B3c1cc(C(C)(C)C)ccc1N2c1ccc(C(C)(C)Cc2ccc3oc4c(-c5ccc(N6c7ccc(C(C)(C)C)cc7B7c8ccc(C(C)(C)C)cc8N(c8ccc(C(C)(C)C)cc8)c8cc(C(C)C)cc6c87)cc5)cccc4c3c2)cc1. The van der Waals surface area contributed by atoms with Crippen molar-refractivity contribution in [3.05, 3.63) is 323 Å². The first-order valence-corrected chi connectivity index (χ1v) is 44.4.